The van der Waals surface area contributed by atoms with Gasteiger partial charge in [-0.25, -0.2) is 4.79 Å². The van der Waals surface area contributed by atoms with Gasteiger partial charge >= 0.3 is 5.69 Å². The summed E-state index contributed by atoms with van der Waals surface area (Å²) in [4.78, 5) is 21.5. The fourth-order valence-electron chi connectivity index (χ4n) is 0.775. The predicted octanol–water partition coefficient (Wildman–Crippen LogP) is -0.412. The summed E-state index contributed by atoms with van der Waals surface area (Å²) in [5.74, 6) is 0. The van der Waals surface area contributed by atoms with Gasteiger partial charge in [0.05, 0.1) is 6.20 Å². The van der Waals surface area contributed by atoms with E-state index < -0.39 is 11.2 Å². The summed E-state index contributed by atoms with van der Waals surface area (Å²) in [7, 11) is 1.23. The molecule has 1 aromatic heterocycles. The summed E-state index contributed by atoms with van der Waals surface area (Å²) in [6, 6.07) is 0. The number of aryl methyl sites for hydroxylation is 1. The molecule has 0 spiro atoms. The first-order valence-electron chi connectivity index (χ1n) is 2.99. The van der Waals surface area contributed by atoms with Crippen LogP contribution in [0, 0.1) is 6.92 Å². The lowest BCUT2D eigenvalue weighted by atomic mass is 10.4. The molecule has 0 aromatic carbocycles. The number of halogens is 1. The van der Waals surface area contributed by atoms with Crippen molar-refractivity contribution in [3.8, 4) is 0 Å². The summed E-state index contributed by atoms with van der Waals surface area (Å²) in [6.07, 6.45) is 0.866. The van der Waals surface area contributed by atoms with E-state index in [-0.39, 0.29) is 10.4 Å². The standard InChI is InChI=1S/C6H7FN2O2/c1-4-3-9(7)6(11)8(2)5(4)10/h3H,1-2H3. The van der Waals surface area contributed by atoms with Crippen molar-refractivity contribution in [2.75, 3.05) is 0 Å². The Kier molecular flexibility index (Phi) is 1.64. The molecule has 60 valence electrons. The van der Waals surface area contributed by atoms with Crippen LogP contribution in [0.2, 0.25) is 0 Å². The van der Waals surface area contributed by atoms with E-state index in [1.807, 2.05) is 0 Å². The molecule has 5 heteroatoms. The molecular weight excluding hydrogens is 151 g/mol. The second-order valence-corrected chi connectivity index (χ2v) is 2.27. The third-order valence-corrected chi connectivity index (χ3v) is 1.42. The molecule has 1 aromatic rings. The zero-order chi connectivity index (χ0) is 8.59. The number of hydrogen-bond donors (Lipinski definition) is 0. The SMILES string of the molecule is Cc1cn(F)c(=O)n(C)c1=O. The minimum absolute atomic E-state index is 0.114. The van der Waals surface area contributed by atoms with Crippen LogP contribution in [-0.4, -0.2) is 9.36 Å². The highest BCUT2D eigenvalue weighted by Crippen LogP contribution is 1.83. The van der Waals surface area contributed by atoms with Crippen molar-refractivity contribution in [1.29, 1.82) is 0 Å². The molecule has 0 aliphatic rings. The highest BCUT2D eigenvalue weighted by Gasteiger charge is 2.02. The third-order valence-electron chi connectivity index (χ3n) is 1.42. The number of rotatable bonds is 0. The first kappa shape index (κ1) is 7.71. The summed E-state index contributed by atoms with van der Waals surface area (Å²) < 4.78 is 13.2. The van der Waals surface area contributed by atoms with E-state index in [1.165, 1.54) is 14.0 Å². The number of aromatic nitrogens is 2. The Morgan fingerprint density at radius 1 is 1.45 bits per heavy atom. The maximum absolute atomic E-state index is 12.5. The van der Waals surface area contributed by atoms with Gasteiger partial charge in [-0.1, -0.05) is 4.48 Å². The monoisotopic (exact) mass is 158 g/mol. The van der Waals surface area contributed by atoms with Crippen molar-refractivity contribution in [3.63, 3.8) is 0 Å². The molecule has 0 fully saturated rings. The van der Waals surface area contributed by atoms with Crippen molar-refractivity contribution in [2.24, 2.45) is 7.05 Å². The Hall–Kier alpha value is -1.39. The minimum atomic E-state index is -0.958. The van der Waals surface area contributed by atoms with Crippen molar-refractivity contribution in [2.45, 2.75) is 6.92 Å². The fourth-order valence-corrected chi connectivity index (χ4v) is 0.775. The van der Waals surface area contributed by atoms with Gasteiger partial charge in [0, 0.05) is 12.6 Å². The lowest BCUT2D eigenvalue weighted by Crippen LogP contribution is -2.36. The highest BCUT2D eigenvalue weighted by molar-refractivity contribution is 5.00. The molecule has 0 radical (unpaired) electrons. The maximum Gasteiger partial charge on any atom is 0.359 e. The van der Waals surface area contributed by atoms with E-state index in [4.69, 9.17) is 0 Å². The Morgan fingerprint density at radius 2 is 2.00 bits per heavy atom. The number of hydrogen-bond acceptors (Lipinski definition) is 2. The lowest BCUT2D eigenvalue weighted by Gasteiger charge is -1.98. The first-order valence-corrected chi connectivity index (χ1v) is 2.99. The topological polar surface area (TPSA) is 44.0 Å². The molecule has 0 unspecified atom stereocenters. The molecule has 1 rings (SSSR count). The maximum atomic E-state index is 12.5. The Bertz CT molecular complexity index is 356. The van der Waals surface area contributed by atoms with Crippen molar-refractivity contribution in [3.05, 3.63) is 32.6 Å². The van der Waals surface area contributed by atoms with E-state index in [9.17, 15) is 14.1 Å². The van der Waals surface area contributed by atoms with Crippen LogP contribution in [0.15, 0.2) is 15.8 Å². The zero-order valence-corrected chi connectivity index (χ0v) is 6.17. The molecule has 0 amide bonds. The molecule has 0 bridgehead atoms. The van der Waals surface area contributed by atoms with Gasteiger partial charge < -0.3 is 0 Å². The van der Waals surface area contributed by atoms with Gasteiger partial charge in [-0.3, -0.25) is 9.36 Å². The largest absolute Gasteiger partial charge is 0.359 e. The second kappa shape index (κ2) is 2.34. The van der Waals surface area contributed by atoms with Crippen molar-refractivity contribution in [1.82, 2.24) is 9.36 Å². The highest BCUT2D eigenvalue weighted by atomic mass is 19.2. The van der Waals surface area contributed by atoms with Crippen LogP contribution in [0.3, 0.4) is 0 Å². The smallest absolute Gasteiger partial charge is 0.269 e. The summed E-state index contributed by atoms with van der Waals surface area (Å²) in [5.41, 5.74) is -1.22. The third kappa shape index (κ3) is 1.09. The van der Waals surface area contributed by atoms with Crippen molar-refractivity contribution >= 4 is 0 Å². The summed E-state index contributed by atoms with van der Waals surface area (Å²) in [5, 5.41) is 0. The van der Waals surface area contributed by atoms with E-state index in [1.54, 1.807) is 0 Å². The molecule has 0 aliphatic carbocycles. The first-order chi connectivity index (χ1) is 5.04. The van der Waals surface area contributed by atoms with Gasteiger partial charge in [0.2, 0.25) is 0 Å². The normalized spacial score (nSPS) is 10.1. The molecule has 0 saturated heterocycles. The molecule has 11 heavy (non-hydrogen) atoms. The summed E-state index contributed by atoms with van der Waals surface area (Å²) in [6.45, 7) is 1.44. The quantitative estimate of drug-likeness (QED) is 0.515. The van der Waals surface area contributed by atoms with Crippen LogP contribution < -0.4 is 11.2 Å². The molecular formula is C6H7FN2O2. The van der Waals surface area contributed by atoms with Crippen LogP contribution in [0.1, 0.15) is 5.56 Å². The van der Waals surface area contributed by atoms with Gasteiger partial charge in [0.15, 0.2) is 0 Å². The molecule has 0 N–H and O–H groups in total. The predicted molar refractivity (Wildman–Crippen MR) is 37.2 cm³/mol. The average molecular weight is 158 g/mol. The average Bonchev–Trinajstić information content (AvgIpc) is 1.97. The molecule has 0 aliphatic heterocycles. The van der Waals surface area contributed by atoms with Crippen molar-refractivity contribution < 1.29 is 4.48 Å². The zero-order valence-electron chi connectivity index (χ0n) is 6.17. The van der Waals surface area contributed by atoms with Crippen LogP contribution in [0.4, 0.5) is 4.48 Å². The van der Waals surface area contributed by atoms with Crippen LogP contribution in [0.5, 0.6) is 0 Å². The molecule has 1 heterocycles. The molecule has 4 nitrogen and oxygen atoms in total. The number of nitrogens with zero attached hydrogens (tertiary/aromatic N) is 2. The van der Waals surface area contributed by atoms with Gasteiger partial charge in [-0.2, -0.15) is 0 Å². The fraction of sp³-hybridized carbons (Fsp3) is 0.333. The van der Waals surface area contributed by atoms with Crippen LogP contribution in [0.25, 0.3) is 0 Å². The van der Waals surface area contributed by atoms with Crippen LogP contribution >= 0.6 is 0 Å². The van der Waals surface area contributed by atoms with Gasteiger partial charge in [0.1, 0.15) is 0 Å². The van der Waals surface area contributed by atoms with E-state index in [0.29, 0.717) is 0 Å². The summed E-state index contributed by atoms with van der Waals surface area (Å²) >= 11 is 0. The Labute approximate surface area is 61.4 Å². The minimum Gasteiger partial charge on any atom is -0.269 e. The van der Waals surface area contributed by atoms with Crippen LogP contribution in [-0.2, 0) is 7.05 Å². The second-order valence-electron chi connectivity index (χ2n) is 2.27. The van der Waals surface area contributed by atoms with E-state index in [2.05, 4.69) is 0 Å². The van der Waals surface area contributed by atoms with E-state index >= 15 is 0 Å². The molecule has 0 saturated carbocycles. The Morgan fingerprint density at radius 3 is 2.55 bits per heavy atom. The molecule has 0 atom stereocenters. The lowest BCUT2D eigenvalue weighted by molar-refractivity contribution is 0.331. The van der Waals surface area contributed by atoms with Gasteiger partial charge in [-0.15, -0.1) is 4.79 Å². The van der Waals surface area contributed by atoms with Gasteiger partial charge in [0.25, 0.3) is 5.56 Å². The van der Waals surface area contributed by atoms with Gasteiger partial charge in [-0.05, 0) is 6.92 Å². The van der Waals surface area contributed by atoms with E-state index in [0.717, 1.165) is 10.8 Å². The Balaban J connectivity index is 3.74.